The second-order valence-corrected chi connectivity index (χ2v) is 13.5. The molecule has 4 N–H and O–H groups in total. The summed E-state index contributed by atoms with van der Waals surface area (Å²) < 4.78 is 23.7. The van der Waals surface area contributed by atoms with Crippen molar-refractivity contribution in [1.82, 2.24) is 10.6 Å². The summed E-state index contributed by atoms with van der Waals surface area (Å²) in [7, 11) is 0. The van der Waals surface area contributed by atoms with E-state index in [2.05, 4.69) is 49.6 Å². The molecule has 1 unspecified atom stereocenters. The van der Waals surface area contributed by atoms with Crippen LogP contribution in [0.1, 0.15) is 83.1 Å². The van der Waals surface area contributed by atoms with Gasteiger partial charge in [0.15, 0.2) is 0 Å². The van der Waals surface area contributed by atoms with Gasteiger partial charge < -0.3 is 35.3 Å². The molecule has 3 aliphatic heterocycles. The maximum Gasteiger partial charge on any atom is 0.303 e. The summed E-state index contributed by atoms with van der Waals surface area (Å²) in [6, 6.07) is 6.73. The van der Waals surface area contributed by atoms with Gasteiger partial charge in [-0.1, -0.05) is 49.8 Å². The van der Waals surface area contributed by atoms with Crippen molar-refractivity contribution in [2.24, 2.45) is 17.6 Å². The maximum absolute atomic E-state index is 12.8. The first kappa shape index (κ1) is 37.0. The fraction of sp³-hybridized carbons (Fsp3) is 0.568. The van der Waals surface area contributed by atoms with Crippen LogP contribution in [0.4, 0.5) is 0 Å². The van der Waals surface area contributed by atoms with E-state index in [1.54, 1.807) is 37.3 Å². The first-order valence-corrected chi connectivity index (χ1v) is 16.9. The second-order valence-electron chi connectivity index (χ2n) is 13.5. The van der Waals surface area contributed by atoms with Crippen LogP contribution >= 0.6 is 0 Å². The summed E-state index contributed by atoms with van der Waals surface area (Å²) in [6.07, 6.45) is 10.6. The predicted molar refractivity (Wildman–Crippen MR) is 180 cm³/mol. The molecule has 0 bridgehead atoms. The highest BCUT2D eigenvalue weighted by Gasteiger charge is 2.56. The van der Waals surface area contributed by atoms with Crippen molar-refractivity contribution in [3.8, 4) is 0 Å². The number of hydrogen-bond acceptors (Lipinski definition) is 8. The Morgan fingerprint density at radius 2 is 1.79 bits per heavy atom. The zero-order valence-electron chi connectivity index (χ0n) is 28.9. The van der Waals surface area contributed by atoms with Crippen molar-refractivity contribution < 1.29 is 38.1 Å². The Morgan fingerprint density at radius 3 is 2.44 bits per heavy atom. The average Bonchev–Trinajstić information content (AvgIpc) is 3.80. The van der Waals surface area contributed by atoms with E-state index < -0.39 is 18.0 Å². The van der Waals surface area contributed by atoms with Crippen LogP contribution in [0, 0.1) is 11.8 Å². The molecule has 11 nitrogen and oxygen atoms in total. The first-order valence-electron chi connectivity index (χ1n) is 16.9. The number of amides is 3. The minimum Gasteiger partial charge on any atom is -0.459 e. The molecule has 3 heterocycles. The number of hydrogen-bond donors (Lipinski definition) is 3. The lowest BCUT2D eigenvalue weighted by Gasteiger charge is -2.39. The van der Waals surface area contributed by atoms with E-state index in [1.165, 1.54) is 13.0 Å². The van der Waals surface area contributed by atoms with Gasteiger partial charge in [-0.2, -0.15) is 0 Å². The number of carbonyl (C=O) groups is 4. The minimum atomic E-state index is -0.486. The van der Waals surface area contributed by atoms with Gasteiger partial charge in [-0.25, -0.2) is 0 Å². The molecule has 9 atom stereocenters. The van der Waals surface area contributed by atoms with Crippen molar-refractivity contribution >= 4 is 23.7 Å². The summed E-state index contributed by atoms with van der Waals surface area (Å²) in [5.41, 5.74) is 7.43. The molecular formula is C37H51N3O8. The fourth-order valence-electron chi connectivity index (χ4n) is 6.42. The number of primary amides is 1. The summed E-state index contributed by atoms with van der Waals surface area (Å²) in [5.74, 6) is -0.840. The highest BCUT2D eigenvalue weighted by atomic mass is 16.6. The van der Waals surface area contributed by atoms with E-state index in [0.717, 1.165) is 24.0 Å². The summed E-state index contributed by atoms with van der Waals surface area (Å²) >= 11 is 0. The van der Waals surface area contributed by atoms with Crippen LogP contribution in [-0.2, 0) is 39.9 Å². The number of allylic oxidation sites excluding steroid dienone is 2. The fourth-order valence-corrected chi connectivity index (χ4v) is 6.42. The molecule has 262 valence electrons. The Balaban J connectivity index is 1.25. The number of nitrogens with one attached hydrogen (secondary N) is 2. The van der Waals surface area contributed by atoms with Crippen LogP contribution in [0.5, 0.6) is 0 Å². The third-order valence-corrected chi connectivity index (χ3v) is 9.54. The Hall–Kier alpha value is -3.80. The van der Waals surface area contributed by atoms with E-state index in [4.69, 9.17) is 24.7 Å². The average molecular weight is 666 g/mol. The van der Waals surface area contributed by atoms with E-state index in [1.807, 2.05) is 6.92 Å². The highest BCUT2D eigenvalue weighted by molar-refractivity contribution is 5.92. The van der Waals surface area contributed by atoms with Crippen LogP contribution in [0.15, 0.2) is 60.2 Å². The molecule has 1 aromatic carbocycles. The third kappa shape index (κ3) is 10.6. The van der Waals surface area contributed by atoms with Crippen molar-refractivity contribution in [1.29, 1.82) is 0 Å². The molecule has 3 aliphatic rings. The zero-order valence-corrected chi connectivity index (χ0v) is 28.9. The van der Waals surface area contributed by atoms with Crippen LogP contribution < -0.4 is 16.4 Å². The SMILES string of the molecule is CC(=O)O[C@@H](C)/C=C\C(=O)N[C@@H]1C[C@H](C)[C@H](C/C=C(C)/C=C/[C@H]2O[C@H](CC(=O)NCc3ccc(C(N)=O)cc3)C[C@@]3(CO3)C2C)O[C@@H]1C. The lowest BCUT2D eigenvalue weighted by molar-refractivity contribution is -0.143. The molecule has 0 aliphatic carbocycles. The number of rotatable bonds is 13. The van der Waals surface area contributed by atoms with Gasteiger partial charge in [-0.3, -0.25) is 19.2 Å². The quantitative estimate of drug-likeness (QED) is 0.123. The first-order chi connectivity index (χ1) is 22.7. The van der Waals surface area contributed by atoms with E-state index in [9.17, 15) is 19.2 Å². The maximum atomic E-state index is 12.8. The lowest BCUT2D eigenvalue weighted by Crippen LogP contribution is -2.50. The van der Waals surface area contributed by atoms with Gasteiger partial charge in [-0.05, 0) is 63.3 Å². The molecule has 48 heavy (non-hydrogen) atoms. The summed E-state index contributed by atoms with van der Waals surface area (Å²) in [6.45, 7) is 12.4. The smallest absolute Gasteiger partial charge is 0.303 e. The zero-order chi connectivity index (χ0) is 35.0. The number of ether oxygens (including phenoxy) is 4. The number of benzene rings is 1. The van der Waals surface area contributed by atoms with Crippen LogP contribution in [0.25, 0.3) is 0 Å². The molecular weight excluding hydrogens is 614 g/mol. The molecule has 0 aromatic heterocycles. The van der Waals surface area contributed by atoms with Crippen molar-refractivity contribution in [2.75, 3.05) is 6.61 Å². The van der Waals surface area contributed by atoms with E-state index in [0.29, 0.717) is 25.1 Å². The largest absolute Gasteiger partial charge is 0.459 e. The summed E-state index contributed by atoms with van der Waals surface area (Å²) in [4.78, 5) is 47.6. The molecule has 0 radical (unpaired) electrons. The van der Waals surface area contributed by atoms with Gasteiger partial charge in [0.25, 0.3) is 0 Å². The highest BCUT2D eigenvalue weighted by Crippen LogP contribution is 2.47. The topological polar surface area (TPSA) is 159 Å². The molecule has 11 heteroatoms. The number of esters is 1. The Labute approximate surface area is 283 Å². The summed E-state index contributed by atoms with van der Waals surface area (Å²) in [5, 5.41) is 5.97. The van der Waals surface area contributed by atoms with Gasteiger partial charge in [0.1, 0.15) is 6.10 Å². The van der Waals surface area contributed by atoms with Crippen LogP contribution in [0.2, 0.25) is 0 Å². The number of carbonyl (C=O) groups excluding carboxylic acids is 4. The van der Waals surface area contributed by atoms with Crippen molar-refractivity contribution in [3.63, 3.8) is 0 Å². The van der Waals surface area contributed by atoms with Crippen molar-refractivity contribution in [2.45, 2.75) is 116 Å². The van der Waals surface area contributed by atoms with E-state index in [-0.39, 0.29) is 66.1 Å². The van der Waals surface area contributed by atoms with Gasteiger partial charge in [0.05, 0.1) is 49.1 Å². The van der Waals surface area contributed by atoms with Gasteiger partial charge in [0.2, 0.25) is 17.7 Å². The van der Waals surface area contributed by atoms with Crippen molar-refractivity contribution in [3.05, 3.63) is 71.3 Å². The second kappa shape index (κ2) is 16.5. The van der Waals surface area contributed by atoms with E-state index >= 15 is 0 Å². The van der Waals surface area contributed by atoms with Gasteiger partial charge in [0, 0.05) is 37.4 Å². The molecule has 3 saturated heterocycles. The molecule has 0 saturated carbocycles. The molecule has 3 fully saturated rings. The molecule has 1 spiro atoms. The minimum absolute atomic E-state index is 0.0213. The van der Waals surface area contributed by atoms with Gasteiger partial charge >= 0.3 is 5.97 Å². The Morgan fingerprint density at radius 1 is 1.08 bits per heavy atom. The number of epoxide rings is 1. The van der Waals surface area contributed by atoms with Gasteiger partial charge in [-0.15, -0.1) is 0 Å². The Kier molecular flexibility index (Phi) is 12.8. The standard InChI is InChI=1S/C37H51N3O8/c1-22(7-14-32-23(2)17-31(26(5)47-32)40-34(42)16-9-24(3)46-27(6)41)8-15-33-25(4)37(21-45-37)19-30(48-33)18-35(43)39-20-28-10-12-29(13-11-28)36(38)44/h7-13,15-16,23-26,30-33H,14,17-21H2,1-6H3,(H2,38,44)(H,39,43)(H,40,42)/b15-8+,16-9-,22-7+/t23-,24-,25?,26+,30+,31+,32-,33+,37+/m0/s1. The number of nitrogens with two attached hydrogens (primary N) is 1. The monoisotopic (exact) mass is 665 g/mol. The Bertz CT molecular complexity index is 1400. The lowest BCUT2D eigenvalue weighted by atomic mass is 9.81. The predicted octanol–water partition coefficient (Wildman–Crippen LogP) is 4.05. The van der Waals surface area contributed by atoms with Crippen LogP contribution in [0.3, 0.4) is 0 Å². The molecule has 1 aromatic rings. The normalized spacial score (nSPS) is 31.0. The molecule has 4 rings (SSSR count). The molecule has 3 amide bonds. The third-order valence-electron chi connectivity index (χ3n) is 9.54. The van der Waals surface area contributed by atoms with Crippen LogP contribution in [-0.4, -0.2) is 72.5 Å².